The Kier molecular flexibility index (Phi) is 10.5. The van der Waals surface area contributed by atoms with Gasteiger partial charge in [-0.2, -0.15) is 0 Å². The Labute approximate surface area is 217 Å². The quantitative estimate of drug-likeness (QED) is 0.225. The maximum absolute atomic E-state index is 6.54. The Hall–Kier alpha value is -1.96. The van der Waals surface area contributed by atoms with Gasteiger partial charge in [-0.05, 0) is 0 Å². The van der Waals surface area contributed by atoms with E-state index in [1.54, 1.807) is 0 Å². The monoisotopic (exact) mass is 522 g/mol. The number of halogens is 1. The number of hydrogen-bond acceptors (Lipinski definition) is 0. The molecular formula is C30H41ClN2Ni-. The molecule has 0 aliphatic carbocycles. The molecule has 2 aromatic carbocycles. The molecule has 189 valence electrons. The van der Waals surface area contributed by atoms with Crippen LogP contribution in [0.1, 0.15) is 101 Å². The number of imidazole rings is 1. The van der Waals surface area contributed by atoms with E-state index in [2.05, 4.69) is 127 Å². The first-order valence-corrected chi connectivity index (χ1v) is 14.0. The van der Waals surface area contributed by atoms with Crippen molar-refractivity contribution in [3.05, 3.63) is 95.0 Å². The Balaban J connectivity index is 0.00000129. The van der Waals surface area contributed by atoms with Crippen molar-refractivity contribution in [2.45, 2.75) is 79.1 Å². The predicted molar refractivity (Wildman–Crippen MR) is 146 cm³/mol. The number of benzene rings is 2. The summed E-state index contributed by atoms with van der Waals surface area (Å²) in [4.78, 5) is 0. The van der Waals surface area contributed by atoms with E-state index in [-0.39, 0.29) is 0 Å². The second-order valence-corrected chi connectivity index (χ2v) is 10.9. The summed E-state index contributed by atoms with van der Waals surface area (Å²) < 4.78 is 5.56. The third-order valence-electron chi connectivity index (χ3n) is 5.94. The fourth-order valence-electron chi connectivity index (χ4n) is 4.59. The van der Waals surface area contributed by atoms with Crippen LogP contribution in [-0.2, 0) is 13.1 Å². The summed E-state index contributed by atoms with van der Waals surface area (Å²) in [7, 11) is 6.54. The van der Waals surface area contributed by atoms with E-state index in [9.17, 15) is 0 Å². The van der Waals surface area contributed by atoms with Crippen LogP contribution in [0.25, 0.3) is 11.4 Å². The summed E-state index contributed by atoms with van der Waals surface area (Å²) in [5.74, 6) is 1.81. The molecule has 0 amide bonds. The van der Waals surface area contributed by atoms with Crippen LogP contribution in [0.15, 0.2) is 61.4 Å². The van der Waals surface area contributed by atoms with E-state index < -0.39 is 0 Å². The Morgan fingerprint density at radius 3 is 1.35 bits per heavy atom. The zero-order chi connectivity index (χ0) is 25.6. The standard InChI is InChI=1S/C27H36N2.C3H5.ClH.Ni/c1-18(2)22-11-9-13-24(26(22)20(5)6)28-15-16-29(17-28)25-14-10-12-23(19(3)4)27(25)21(7)8;1-3-2;;/h9-16,18-21H,1-8H3;3H,1-2H2;1H;/q;-1;;+1/p-1. The van der Waals surface area contributed by atoms with Gasteiger partial charge < -0.3 is 0 Å². The fraction of sp³-hybridized carbons (Fsp3) is 0.400. The molecule has 34 heavy (non-hydrogen) atoms. The summed E-state index contributed by atoms with van der Waals surface area (Å²) in [6, 6.07) is 13.3. The van der Waals surface area contributed by atoms with Gasteiger partial charge in [0.05, 0.1) is 0 Å². The first-order chi connectivity index (χ1) is 16.1. The molecule has 0 atom stereocenters. The minimum atomic E-state index is 0.426. The zero-order valence-corrected chi connectivity index (χ0v) is 23.8. The molecule has 0 fully saturated rings. The zero-order valence-electron chi connectivity index (χ0n) is 22.0. The number of allylic oxidation sites excluding steroid dienone is 1. The van der Waals surface area contributed by atoms with Crippen LogP contribution >= 0.6 is 10.2 Å². The first-order valence-electron chi connectivity index (χ1n) is 12.1. The second kappa shape index (κ2) is 12.7. The van der Waals surface area contributed by atoms with Gasteiger partial charge in [-0.25, -0.2) is 19.6 Å². The van der Waals surface area contributed by atoms with Crippen LogP contribution in [0, 0.1) is 11.3 Å². The van der Waals surface area contributed by atoms with E-state index >= 15 is 0 Å². The normalized spacial score (nSPS) is 11.4. The summed E-state index contributed by atoms with van der Waals surface area (Å²) in [6.45, 7) is 24.7. The summed E-state index contributed by atoms with van der Waals surface area (Å²) in [5.41, 5.74) is 8.06. The minimum absolute atomic E-state index is 0.426. The van der Waals surface area contributed by atoms with E-state index in [1.807, 2.05) is 0 Å². The van der Waals surface area contributed by atoms with Crippen molar-refractivity contribution in [3.63, 3.8) is 0 Å². The topological polar surface area (TPSA) is 9.86 Å². The van der Waals surface area contributed by atoms with E-state index in [0.29, 0.717) is 23.7 Å². The molecule has 0 unspecified atom stereocenters. The molecule has 1 heterocycles. The van der Waals surface area contributed by atoms with Crippen molar-refractivity contribution in [1.29, 1.82) is 0 Å². The molecule has 3 rings (SSSR count). The van der Waals surface area contributed by atoms with Gasteiger partial charge in [-0.3, -0.25) is 0 Å². The molecule has 0 saturated carbocycles. The Morgan fingerprint density at radius 2 is 1.09 bits per heavy atom. The average Bonchev–Trinajstić information content (AvgIpc) is 3.22. The van der Waals surface area contributed by atoms with Crippen LogP contribution in [0.3, 0.4) is 0 Å². The predicted octanol–water partition coefficient (Wildman–Crippen LogP) is 9.54. The first kappa shape index (κ1) is 28.3. The van der Waals surface area contributed by atoms with Crippen molar-refractivity contribution in [2.75, 3.05) is 0 Å². The van der Waals surface area contributed by atoms with Crippen LogP contribution < -0.4 is 0 Å². The van der Waals surface area contributed by atoms with Crippen molar-refractivity contribution >= 4 is 10.2 Å². The Morgan fingerprint density at radius 1 is 0.735 bits per heavy atom. The summed E-state index contributed by atoms with van der Waals surface area (Å²) in [6.07, 6.45) is 5.82. The van der Waals surface area contributed by atoms with E-state index in [1.165, 1.54) is 39.7 Å². The molecule has 0 spiro atoms. The summed E-state index contributed by atoms with van der Waals surface area (Å²) >= 11 is 1.08. The molecule has 0 aliphatic heterocycles. The van der Waals surface area contributed by atoms with Crippen molar-refractivity contribution in [2.24, 2.45) is 0 Å². The molecule has 0 N–H and O–H groups in total. The molecule has 2 nitrogen and oxygen atoms in total. The van der Waals surface area contributed by atoms with Gasteiger partial charge in [0, 0.05) is 0 Å². The van der Waals surface area contributed by atoms with Gasteiger partial charge in [-0.15, -0.1) is 0 Å². The van der Waals surface area contributed by atoms with Crippen molar-refractivity contribution in [1.82, 2.24) is 9.13 Å². The van der Waals surface area contributed by atoms with Gasteiger partial charge in [0.2, 0.25) is 0 Å². The molecule has 0 radical (unpaired) electrons. The van der Waals surface area contributed by atoms with Gasteiger partial charge in [0.25, 0.3) is 0 Å². The second-order valence-electron chi connectivity index (χ2n) is 9.81. The Bertz CT molecular complexity index is 1080. The molecule has 0 aliphatic rings. The maximum atomic E-state index is 6.54. The molecule has 0 saturated heterocycles. The molecule has 0 bridgehead atoms. The van der Waals surface area contributed by atoms with Crippen molar-refractivity contribution < 1.29 is 13.1 Å². The number of aromatic nitrogens is 2. The molecular weight excluding hydrogens is 482 g/mol. The van der Waals surface area contributed by atoms with Gasteiger partial charge >= 0.3 is 198 Å². The van der Waals surface area contributed by atoms with Crippen LogP contribution in [0.4, 0.5) is 0 Å². The van der Waals surface area contributed by atoms with Crippen molar-refractivity contribution in [3.8, 4) is 11.4 Å². The number of nitrogens with zero attached hydrogens (tertiary/aromatic N) is 2. The van der Waals surface area contributed by atoms with Gasteiger partial charge in [0.1, 0.15) is 0 Å². The van der Waals surface area contributed by atoms with Crippen LogP contribution in [0.2, 0.25) is 0 Å². The fourth-order valence-corrected chi connectivity index (χ4v) is 5.63. The van der Waals surface area contributed by atoms with Crippen LogP contribution in [-0.4, -0.2) is 9.13 Å². The van der Waals surface area contributed by atoms with Gasteiger partial charge in [0.15, 0.2) is 0 Å². The average molecular weight is 524 g/mol. The van der Waals surface area contributed by atoms with E-state index in [4.69, 9.17) is 10.2 Å². The van der Waals surface area contributed by atoms with Crippen LogP contribution in [0.5, 0.6) is 0 Å². The van der Waals surface area contributed by atoms with E-state index in [0.717, 1.165) is 17.5 Å². The number of rotatable bonds is 6. The third-order valence-corrected chi connectivity index (χ3v) is 7.02. The third kappa shape index (κ3) is 5.99. The number of hydrogen-bond donors (Lipinski definition) is 0. The molecule has 4 heteroatoms. The summed E-state index contributed by atoms with van der Waals surface area (Å²) in [5, 5.41) is 0. The SMILES string of the molecule is C=C[CH2-].CC(C)c1cccc(-n2ccn(-c3cccc(C(C)C)c3C(C)C)[c]2=[Ni][Cl])c1C(C)C. The van der Waals surface area contributed by atoms with Gasteiger partial charge in [-0.1, -0.05) is 0 Å². The molecule has 1 aromatic heterocycles. The molecule has 3 aromatic rings.